The van der Waals surface area contributed by atoms with Gasteiger partial charge in [-0.2, -0.15) is 5.10 Å². The van der Waals surface area contributed by atoms with Gasteiger partial charge in [-0.15, -0.1) is 0 Å². The maximum atomic E-state index is 14.5. The van der Waals surface area contributed by atoms with Crippen molar-refractivity contribution in [1.82, 2.24) is 39.3 Å². The Morgan fingerprint density at radius 3 is 2.58 bits per heavy atom. The van der Waals surface area contributed by atoms with E-state index in [-0.39, 0.29) is 67.1 Å². The summed E-state index contributed by atoms with van der Waals surface area (Å²) in [5, 5.41) is 11.8. The second-order valence-electron chi connectivity index (χ2n) is 11.9. The molecule has 1 aliphatic heterocycles. The lowest BCUT2D eigenvalue weighted by Crippen LogP contribution is -2.46. The number of benzene rings is 1. The highest BCUT2D eigenvalue weighted by atomic mass is 19.1. The first-order chi connectivity index (χ1) is 24.1. The third-order valence-corrected chi connectivity index (χ3v) is 7.76. The largest absolute Gasteiger partial charge is 0.483 e. The van der Waals surface area contributed by atoms with Gasteiger partial charge < -0.3 is 24.8 Å². The van der Waals surface area contributed by atoms with Crippen LogP contribution in [0.3, 0.4) is 0 Å². The van der Waals surface area contributed by atoms with Crippen molar-refractivity contribution in [1.29, 1.82) is 0 Å². The number of ether oxygens (including phenoxy) is 1. The zero-order valence-corrected chi connectivity index (χ0v) is 28.4. The molecule has 5 heterocycles. The van der Waals surface area contributed by atoms with E-state index in [1.807, 2.05) is 44.2 Å². The van der Waals surface area contributed by atoms with Crippen LogP contribution < -0.4 is 26.5 Å². The van der Waals surface area contributed by atoms with Gasteiger partial charge in [0.25, 0.3) is 5.91 Å². The van der Waals surface area contributed by atoms with Crippen molar-refractivity contribution in [2.24, 2.45) is 0 Å². The Morgan fingerprint density at radius 2 is 1.84 bits per heavy atom. The topological polar surface area (TPSA) is 169 Å². The van der Waals surface area contributed by atoms with Crippen LogP contribution in [0.1, 0.15) is 62.3 Å². The molecule has 0 fully saturated rings. The van der Waals surface area contributed by atoms with Gasteiger partial charge in [-0.3, -0.25) is 14.4 Å². The highest BCUT2D eigenvalue weighted by Gasteiger charge is 2.32. The summed E-state index contributed by atoms with van der Waals surface area (Å²) < 4.78 is 23.4. The van der Waals surface area contributed by atoms with Crippen molar-refractivity contribution < 1.29 is 18.7 Å². The molecule has 2 amide bonds. The molecule has 15 heteroatoms. The third kappa shape index (κ3) is 8.05. The lowest BCUT2D eigenvalue weighted by atomic mass is 10.1. The first-order valence-electron chi connectivity index (χ1n) is 16.5. The average molecular weight is 686 g/mol. The molecule has 1 aliphatic rings. The SMILES string of the molecule is CC(C)N1CCn2c(CNC(=O)CCNc3nc(-c4ccc5n[nH]c(=O)n5c4)ncc3F)cc(=O)c(OCc3ccccc3)c2C1=O.CCC. The Morgan fingerprint density at radius 1 is 1.08 bits per heavy atom. The third-order valence-electron chi connectivity index (χ3n) is 7.76. The van der Waals surface area contributed by atoms with Crippen LogP contribution in [0.2, 0.25) is 0 Å². The summed E-state index contributed by atoms with van der Waals surface area (Å²) in [6.07, 6.45) is 3.71. The van der Waals surface area contributed by atoms with Crippen molar-refractivity contribution in [2.75, 3.05) is 18.4 Å². The number of anilines is 1. The summed E-state index contributed by atoms with van der Waals surface area (Å²) >= 11 is 0. The van der Waals surface area contributed by atoms with E-state index >= 15 is 0 Å². The minimum atomic E-state index is -0.712. The van der Waals surface area contributed by atoms with E-state index in [4.69, 9.17) is 4.74 Å². The van der Waals surface area contributed by atoms with Crippen molar-refractivity contribution in [3.63, 3.8) is 0 Å². The number of fused-ring (bicyclic) bond motifs is 2. The van der Waals surface area contributed by atoms with E-state index in [2.05, 4.69) is 44.6 Å². The van der Waals surface area contributed by atoms with Crippen molar-refractivity contribution in [3.8, 4) is 17.1 Å². The Labute approximate surface area is 287 Å². The average Bonchev–Trinajstić information content (AvgIpc) is 3.48. The fourth-order valence-corrected chi connectivity index (χ4v) is 5.34. The zero-order valence-electron chi connectivity index (χ0n) is 28.4. The number of pyridine rings is 2. The second kappa shape index (κ2) is 16.0. The van der Waals surface area contributed by atoms with Gasteiger partial charge in [0.05, 0.1) is 12.7 Å². The molecule has 0 radical (unpaired) electrons. The maximum absolute atomic E-state index is 14.5. The van der Waals surface area contributed by atoms with Gasteiger partial charge in [0.2, 0.25) is 11.3 Å². The fourth-order valence-electron chi connectivity index (χ4n) is 5.34. The number of halogens is 1. The molecule has 50 heavy (non-hydrogen) atoms. The lowest BCUT2D eigenvalue weighted by Gasteiger charge is -2.35. The van der Waals surface area contributed by atoms with E-state index in [0.717, 1.165) is 11.8 Å². The molecule has 1 aromatic carbocycles. The number of hydrogen-bond acceptors (Lipinski definition) is 9. The molecule has 0 saturated heterocycles. The molecule has 6 rings (SSSR count). The Bertz CT molecular complexity index is 2090. The molecule has 4 aromatic heterocycles. The molecule has 0 atom stereocenters. The van der Waals surface area contributed by atoms with Gasteiger partial charge in [0.15, 0.2) is 34.6 Å². The Kier molecular flexibility index (Phi) is 11.4. The van der Waals surface area contributed by atoms with E-state index in [0.29, 0.717) is 30.0 Å². The van der Waals surface area contributed by atoms with Crippen molar-refractivity contribution in [2.45, 2.75) is 66.3 Å². The van der Waals surface area contributed by atoms with Gasteiger partial charge in [0.1, 0.15) is 6.61 Å². The lowest BCUT2D eigenvalue weighted by molar-refractivity contribution is -0.121. The molecule has 5 aromatic rings. The molecule has 3 N–H and O–H groups in total. The van der Waals surface area contributed by atoms with E-state index in [1.165, 1.54) is 23.1 Å². The number of carbonyl (C=O) groups is 2. The second-order valence-corrected chi connectivity index (χ2v) is 11.9. The zero-order chi connectivity index (χ0) is 35.8. The van der Waals surface area contributed by atoms with Crippen LogP contribution in [0.15, 0.2) is 70.5 Å². The standard InChI is InChI=1S/C32H32FN9O5.C3H8/c1-19(2)40-12-13-41-22(14-24(43)28(27(41)31(40)45)47-18-20-6-4-3-5-7-20)15-35-26(44)10-11-34-30-23(33)16-36-29(37-30)21-8-9-25-38-39-32(46)42(25)17-21;1-3-2/h3-9,14,16-17,19H,10-13,15,18H2,1-2H3,(H,35,44)(H,39,46)(H,34,36,37);3H2,1-2H3. The van der Waals surface area contributed by atoms with Gasteiger partial charge in [0, 0.05) is 55.6 Å². The van der Waals surface area contributed by atoms with Gasteiger partial charge in [-0.25, -0.2) is 28.7 Å². The maximum Gasteiger partial charge on any atom is 0.347 e. The smallest absolute Gasteiger partial charge is 0.347 e. The van der Waals surface area contributed by atoms with Crippen LogP contribution >= 0.6 is 0 Å². The molecule has 0 unspecified atom stereocenters. The highest BCUT2D eigenvalue weighted by molar-refractivity contribution is 5.96. The van der Waals surface area contributed by atoms with Gasteiger partial charge >= 0.3 is 5.69 Å². The van der Waals surface area contributed by atoms with Crippen LogP contribution in [0, 0.1) is 5.82 Å². The number of hydrogen-bond donors (Lipinski definition) is 3. The molecule has 262 valence electrons. The highest BCUT2D eigenvalue weighted by Crippen LogP contribution is 2.25. The summed E-state index contributed by atoms with van der Waals surface area (Å²) in [4.78, 5) is 61.4. The Balaban J connectivity index is 0.00000156. The summed E-state index contributed by atoms with van der Waals surface area (Å²) in [5.74, 6) is -1.35. The first kappa shape index (κ1) is 35.4. The fraction of sp³-hybridized carbons (Fsp3) is 0.343. The summed E-state index contributed by atoms with van der Waals surface area (Å²) in [6, 6.07) is 13.9. The van der Waals surface area contributed by atoms with Crippen molar-refractivity contribution in [3.05, 3.63) is 104 Å². The van der Waals surface area contributed by atoms with Crippen LogP contribution in [0.5, 0.6) is 5.75 Å². The predicted octanol–water partition coefficient (Wildman–Crippen LogP) is 3.76. The van der Waals surface area contributed by atoms with Crippen LogP contribution in [0.4, 0.5) is 10.2 Å². The van der Waals surface area contributed by atoms with E-state index in [1.54, 1.807) is 21.6 Å². The van der Waals surface area contributed by atoms with Crippen LogP contribution in [-0.4, -0.2) is 65.0 Å². The predicted molar refractivity (Wildman–Crippen MR) is 185 cm³/mol. The molecule has 0 spiro atoms. The first-order valence-corrected chi connectivity index (χ1v) is 16.5. The van der Waals surface area contributed by atoms with Crippen LogP contribution in [0.25, 0.3) is 17.0 Å². The van der Waals surface area contributed by atoms with Gasteiger partial charge in [-0.05, 0) is 31.5 Å². The normalized spacial score (nSPS) is 12.4. The number of amides is 2. The summed E-state index contributed by atoms with van der Waals surface area (Å²) in [7, 11) is 0. The molecule has 0 bridgehead atoms. The number of aromatic amines is 1. The van der Waals surface area contributed by atoms with Crippen molar-refractivity contribution >= 4 is 23.3 Å². The minimum absolute atomic E-state index is 0.00310. The van der Waals surface area contributed by atoms with E-state index in [9.17, 15) is 23.6 Å². The van der Waals surface area contributed by atoms with E-state index < -0.39 is 16.9 Å². The number of rotatable bonds is 11. The summed E-state index contributed by atoms with van der Waals surface area (Å²) in [5.41, 5.74) is 1.46. The number of nitrogens with one attached hydrogen (secondary N) is 3. The molecular weight excluding hydrogens is 645 g/mol. The summed E-state index contributed by atoms with van der Waals surface area (Å²) in [6.45, 7) is 9.09. The molecule has 0 saturated carbocycles. The molecule has 0 aliphatic carbocycles. The number of nitrogens with zero attached hydrogens (tertiary/aromatic N) is 6. The number of aromatic nitrogens is 6. The quantitative estimate of drug-likeness (QED) is 0.188. The monoisotopic (exact) mass is 685 g/mol. The Hall–Kier alpha value is -5.86. The molecular formula is C35H40FN9O5. The van der Waals surface area contributed by atoms with Crippen LogP contribution in [-0.2, 0) is 24.5 Å². The number of carbonyl (C=O) groups excluding carboxylic acids is 2. The minimum Gasteiger partial charge on any atom is -0.483 e. The molecule has 14 nitrogen and oxygen atoms in total. The van der Waals surface area contributed by atoms with Gasteiger partial charge in [-0.1, -0.05) is 50.6 Å². The number of H-pyrrole nitrogens is 1.